The van der Waals surface area contributed by atoms with Crippen molar-refractivity contribution in [1.82, 2.24) is 0 Å². The van der Waals surface area contributed by atoms with Crippen LogP contribution in [-0.2, 0) is 9.53 Å². The predicted octanol–water partition coefficient (Wildman–Crippen LogP) is 3.73. The maximum absolute atomic E-state index is 12.3. The molecule has 0 saturated carbocycles. The van der Waals surface area contributed by atoms with Crippen LogP contribution in [0.5, 0.6) is 0 Å². The topological polar surface area (TPSA) is 38.3 Å². The van der Waals surface area contributed by atoms with E-state index in [4.69, 9.17) is 4.74 Å². The molecule has 2 aromatic rings. The number of nitrogens with one attached hydrogen (secondary N) is 1. The van der Waals surface area contributed by atoms with E-state index in [9.17, 15) is 4.79 Å². The van der Waals surface area contributed by atoms with Crippen molar-refractivity contribution in [3.05, 3.63) is 60.2 Å². The Morgan fingerprint density at radius 2 is 1.90 bits per heavy atom. The maximum atomic E-state index is 12.3. The van der Waals surface area contributed by atoms with Crippen LogP contribution in [0.4, 0.5) is 5.69 Å². The summed E-state index contributed by atoms with van der Waals surface area (Å²) in [6, 6.07) is 17.2. The lowest BCUT2D eigenvalue weighted by molar-refractivity contribution is -0.126. The number of carbonyl (C=O) groups is 1. The molecule has 0 radical (unpaired) electrons. The molecule has 1 atom stereocenters. The van der Waals surface area contributed by atoms with E-state index in [0.717, 1.165) is 16.1 Å². The van der Waals surface area contributed by atoms with Gasteiger partial charge in [0.1, 0.15) is 0 Å². The maximum Gasteiger partial charge on any atom is 0.258 e. The van der Waals surface area contributed by atoms with Crippen molar-refractivity contribution in [1.29, 1.82) is 0 Å². The van der Waals surface area contributed by atoms with Gasteiger partial charge in [-0.05, 0) is 30.0 Å². The number of methoxy groups -OCH3 is 1. The van der Waals surface area contributed by atoms with Crippen LogP contribution >= 0.6 is 11.8 Å². The Hall–Kier alpha value is -1.78. The van der Waals surface area contributed by atoms with Gasteiger partial charge in [-0.1, -0.05) is 36.4 Å². The van der Waals surface area contributed by atoms with Gasteiger partial charge >= 0.3 is 0 Å². The van der Waals surface area contributed by atoms with Crippen molar-refractivity contribution < 1.29 is 9.53 Å². The fraction of sp³-hybridized carbons (Fsp3) is 0.188. The van der Waals surface area contributed by atoms with Gasteiger partial charge in [0, 0.05) is 17.7 Å². The van der Waals surface area contributed by atoms with E-state index in [2.05, 4.69) is 5.32 Å². The zero-order valence-corrected chi connectivity index (χ0v) is 12.3. The monoisotopic (exact) mass is 287 g/mol. The van der Waals surface area contributed by atoms with E-state index >= 15 is 0 Å². The van der Waals surface area contributed by atoms with Crippen molar-refractivity contribution in [2.24, 2.45) is 0 Å². The normalized spacial score (nSPS) is 11.9. The number of anilines is 1. The van der Waals surface area contributed by atoms with Gasteiger partial charge in [-0.15, -0.1) is 11.8 Å². The third-order valence-electron chi connectivity index (χ3n) is 2.91. The van der Waals surface area contributed by atoms with E-state index in [-0.39, 0.29) is 5.91 Å². The van der Waals surface area contributed by atoms with Crippen LogP contribution in [0.3, 0.4) is 0 Å². The second-order valence-corrected chi connectivity index (χ2v) is 5.13. The van der Waals surface area contributed by atoms with Gasteiger partial charge in [0.15, 0.2) is 6.10 Å². The molecule has 3 nitrogen and oxygen atoms in total. The van der Waals surface area contributed by atoms with E-state index in [1.54, 1.807) is 11.8 Å². The van der Waals surface area contributed by atoms with E-state index in [1.165, 1.54) is 7.11 Å². The summed E-state index contributed by atoms with van der Waals surface area (Å²) in [7, 11) is 1.54. The van der Waals surface area contributed by atoms with Gasteiger partial charge in [0.05, 0.1) is 0 Å². The molecule has 2 aromatic carbocycles. The molecule has 0 bridgehead atoms. The fourth-order valence-electron chi connectivity index (χ4n) is 1.93. The number of carbonyl (C=O) groups excluding carboxylic acids is 1. The first-order valence-corrected chi connectivity index (χ1v) is 7.49. The Morgan fingerprint density at radius 1 is 1.15 bits per heavy atom. The largest absolute Gasteiger partial charge is 0.367 e. The Balaban J connectivity index is 2.13. The third-order valence-corrected chi connectivity index (χ3v) is 3.64. The van der Waals surface area contributed by atoms with Crippen LogP contribution < -0.4 is 5.32 Å². The van der Waals surface area contributed by atoms with Gasteiger partial charge in [0.25, 0.3) is 5.91 Å². The number of hydrogen-bond acceptors (Lipinski definition) is 3. The molecule has 0 spiro atoms. The van der Waals surface area contributed by atoms with Gasteiger partial charge in [-0.3, -0.25) is 4.79 Å². The number of hydrogen-bond donors (Lipinski definition) is 1. The summed E-state index contributed by atoms with van der Waals surface area (Å²) in [6.45, 7) is 0. The summed E-state index contributed by atoms with van der Waals surface area (Å²) in [5, 5.41) is 2.89. The number of benzene rings is 2. The molecule has 0 saturated heterocycles. The molecule has 0 aromatic heterocycles. The minimum absolute atomic E-state index is 0.169. The van der Waals surface area contributed by atoms with Crippen LogP contribution in [0, 0.1) is 0 Å². The summed E-state index contributed by atoms with van der Waals surface area (Å²) < 4.78 is 5.31. The molecule has 104 valence electrons. The Kier molecular flexibility index (Phi) is 5.21. The van der Waals surface area contributed by atoms with E-state index < -0.39 is 6.10 Å². The molecule has 0 unspecified atom stereocenters. The molecule has 0 fully saturated rings. The number of ether oxygens (including phenoxy) is 1. The highest BCUT2D eigenvalue weighted by molar-refractivity contribution is 7.98. The summed E-state index contributed by atoms with van der Waals surface area (Å²) in [4.78, 5) is 13.4. The summed E-state index contributed by atoms with van der Waals surface area (Å²) in [5.41, 5.74) is 1.62. The number of amides is 1. The second kappa shape index (κ2) is 7.12. The van der Waals surface area contributed by atoms with Crippen LogP contribution in [0.1, 0.15) is 11.7 Å². The molecule has 0 aliphatic rings. The summed E-state index contributed by atoms with van der Waals surface area (Å²) >= 11 is 1.64. The Bertz CT molecular complexity index is 572. The SMILES string of the molecule is CO[C@H](C(=O)Nc1cccc(SC)c1)c1ccccc1. The minimum Gasteiger partial charge on any atom is -0.367 e. The molecule has 4 heteroatoms. The first-order chi connectivity index (χ1) is 9.74. The second-order valence-electron chi connectivity index (χ2n) is 4.25. The molecule has 2 rings (SSSR count). The lowest BCUT2D eigenvalue weighted by Crippen LogP contribution is -2.22. The van der Waals surface area contributed by atoms with Gasteiger partial charge in [-0.2, -0.15) is 0 Å². The van der Waals surface area contributed by atoms with Crippen LogP contribution in [0.25, 0.3) is 0 Å². The molecular weight excluding hydrogens is 270 g/mol. The fourth-order valence-corrected chi connectivity index (χ4v) is 2.39. The molecule has 0 aliphatic heterocycles. The highest BCUT2D eigenvalue weighted by Crippen LogP contribution is 2.22. The third kappa shape index (κ3) is 3.62. The first kappa shape index (κ1) is 14.6. The zero-order chi connectivity index (χ0) is 14.4. The Morgan fingerprint density at radius 3 is 2.55 bits per heavy atom. The van der Waals surface area contributed by atoms with Crippen molar-refractivity contribution >= 4 is 23.4 Å². The Labute approximate surface area is 123 Å². The molecular formula is C16H17NO2S. The average Bonchev–Trinajstić information content (AvgIpc) is 2.49. The first-order valence-electron chi connectivity index (χ1n) is 6.27. The highest BCUT2D eigenvalue weighted by atomic mass is 32.2. The van der Waals surface area contributed by atoms with E-state index in [1.807, 2.05) is 60.9 Å². The molecule has 1 N–H and O–H groups in total. The van der Waals surface area contributed by atoms with Gasteiger partial charge < -0.3 is 10.1 Å². The zero-order valence-electron chi connectivity index (χ0n) is 11.5. The van der Waals surface area contributed by atoms with Crippen LogP contribution in [0.2, 0.25) is 0 Å². The average molecular weight is 287 g/mol. The highest BCUT2D eigenvalue weighted by Gasteiger charge is 2.19. The lowest BCUT2D eigenvalue weighted by Gasteiger charge is -2.15. The number of thioether (sulfide) groups is 1. The smallest absolute Gasteiger partial charge is 0.258 e. The van der Waals surface area contributed by atoms with Crippen molar-refractivity contribution in [2.75, 3.05) is 18.7 Å². The molecule has 20 heavy (non-hydrogen) atoms. The number of rotatable bonds is 5. The van der Waals surface area contributed by atoms with Gasteiger partial charge in [-0.25, -0.2) is 0 Å². The predicted molar refractivity (Wildman–Crippen MR) is 83.0 cm³/mol. The quantitative estimate of drug-likeness (QED) is 0.851. The molecule has 0 aliphatic carbocycles. The summed E-state index contributed by atoms with van der Waals surface area (Å²) in [5.74, 6) is -0.169. The molecule has 0 heterocycles. The van der Waals surface area contributed by atoms with Crippen molar-refractivity contribution in [2.45, 2.75) is 11.0 Å². The van der Waals surface area contributed by atoms with Crippen molar-refractivity contribution in [3.8, 4) is 0 Å². The van der Waals surface area contributed by atoms with Gasteiger partial charge in [0.2, 0.25) is 0 Å². The molecule has 1 amide bonds. The standard InChI is InChI=1S/C16H17NO2S/c1-19-15(12-7-4-3-5-8-12)16(18)17-13-9-6-10-14(11-13)20-2/h3-11,15H,1-2H3,(H,17,18)/t15-/m0/s1. The minimum atomic E-state index is -0.603. The van der Waals surface area contributed by atoms with Crippen molar-refractivity contribution in [3.63, 3.8) is 0 Å². The lowest BCUT2D eigenvalue weighted by atomic mass is 10.1. The van der Waals surface area contributed by atoms with E-state index in [0.29, 0.717) is 0 Å². The van der Waals surface area contributed by atoms with Crippen LogP contribution in [-0.4, -0.2) is 19.3 Å². The van der Waals surface area contributed by atoms with Crippen LogP contribution in [0.15, 0.2) is 59.5 Å². The summed E-state index contributed by atoms with van der Waals surface area (Å²) in [6.07, 6.45) is 1.40.